The van der Waals surface area contributed by atoms with Gasteiger partial charge in [0.1, 0.15) is 24.1 Å². The highest BCUT2D eigenvalue weighted by Crippen LogP contribution is 2.33. The lowest BCUT2D eigenvalue weighted by Crippen LogP contribution is -2.30. The Morgan fingerprint density at radius 1 is 1.45 bits per heavy atom. The Kier molecular flexibility index (Phi) is 3.24. The van der Waals surface area contributed by atoms with E-state index in [0.717, 1.165) is 0 Å². The zero-order chi connectivity index (χ0) is 14.3. The van der Waals surface area contributed by atoms with E-state index >= 15 is 0 Å². The summed E-state index contributed by atoms with van der Waals surface area (Å²) in [4.78, 5) is 12.2. The number of anilines is 1. The second-order valence-corrected chi connectivity index (χ2v) is 4.48. The summed E-state index contributed by atoms with van der Waals surface area (Å²) in [5.74, 6) is 0.515. The lowest BCUT2D eigenvalue weighted by atomic mass is 10.1. The van der Waals surface area contributed by atoms with Gasteiger partial charge < -0.3 is 20.3 Å². The Labute approximate surface area is 113 Å². The molecule has 0 aliphatic carbocycles. The number of hydrogen-bond acceptors (Lipinski definition) is 7. The van der Waals surface area contributed by atoms with Gasteiger partial charge in [-0.15, -0.1) is 0 Å². The molecule has 3 heterocycles. The molecule has 9 heteroatoms. The molecule has 108 valence electrons. The second-order valence-electron chi connectivity index (χ2n) is 4.48. The predicted octanol–water partition coefficient (Wildman–Crippen LogP) is -0.543. The van der Waals surface area contributed by atoms with E-state index in [1.165, 1.54) is 17.2 Å². The van der Waals surface area contributed by atoms with Crippen molar-refractivity contribution in [3.8, 4) is 0 Å². The number of alkyl halides is 1. The van der Waals surface area contributed by atoms with E-state index in [1.54, 1.807) is 7.05 Å². The van der Waals surface area contributed by atoms with Gasteiger partial charge >= 0.3 is 0 Å². The van der Waals surface area contributed by atoms with Crippen LogP contribution in [0.25, 0.3) is 11.2 Å². The van der Waals surface area contributed by atoms with Crippen LogP contribution >= 0.6 is 0 Å². The summed E-state index contributed by atoms with van der Waals surface area (Å²) >= 11 is 0. The maximum atomic E-state index is 14.1. The van der Waals surface area contributed by atoms with Gasteiger partial charge in [-0.25, -0.2) is 19.3 Å². The van der Waals surface area contributed by atoms with Crippen molar-refractivity contribution >= 4 is 17.0 Å². The molecule has 0 radical (unpaired) electrons. The van der Waals surface area contributed by atoms with Gasteiger partial charge in [-0.1, -0.05) is 0 Å². The summed E-state index contributed by atoms with van der Waals surface area (Å²) in [5, 5.41) is 21.6. The number of aromatic nitrogens is 4. The average Bonchev–Trinajstić information content (AvgIpc) is 3.01. The molecule has 0 aromatic carbocycles. The third-order valence-electron chi connectivity index (χ3n) is 3.34. The summed E-state index contributed by atoms with van der Waals surface area (Å²) in [6.45, 7) is -0.457. The Morgan fingerprint density at radius 3 is 2.90 bits per heavy atom. The van der Waals surface area contributed by atoms with Crippen LogP contribution < -0.4 is 5.32 Å². The highest BCUT2D eigenvalue weighted by Gasteiger charge is 2.45. The van der Waals surface area contributed by atoms with Crippen LogP contribution in [-0.4, -0.2) is 61.8 Å². The molecule has 0 bridgehead atoms. The van der Waals surface area contributed by atoms with Crippen molar-refractivity contribution in [2.75, 3.05) is 19.0 Å². The molecule has 1 aliphatic rings. The van der Waals surface area contributed by atoms with Gasteiger partial charge in [-0.2, -0.15) is 0 Å². The van der Waals surface area contributed by atoms with Crippen molar-refractivity contribution in [3.05, 3.63) is 12.7 Å². The molecule has 0 saturated carbocycles. The summed E-state index contributed by atoms with van der Waals surface area (Å²) in [6, 6.07) is 0. The number of nitrogens with zero attached hydrogens (tertiary/aromatic N) is 4. The number of rotatable bonds is 3. The van der Waals surface area contributed by atoms with Crippen molar-refractivity contribution in [3.63, 3.8) is 0 Å². The van der Waals surface area contributed by atoms with Crippen LogP contribution in [0.2, 0.25) is 0 Å². The fourth-order valence-electron chi connectivity index (χ4n) is 2.30. The van der Waals surface area contributed by atoms with Gasteiger partial charge in [-0.05, 0) is 0 Å². The summed E-state index contributed by atoms with van der Waals surface area (Å²) in [5.41, 5.74) is 0.871. The molecule has 3 N–H and O–H groups in total. The monoisotopic (exact) mass is 283 g/mol. The highest BCUT2D eigenvalue weighted by molar-refractivity contribution is 5.82. The molecule has 1 unspecified atom stereocenters. The van der Waals surface area contributed by atoms with Crippen molar-refractivity contribution in [2.45, 2.75) is 24.6 Å². The van der Waals surface area contributed by atoms with Crippen LogP contribution in [0, 0.1) is 0 Å². The third-order valence-corrected chi connectivity index (χ3v) is 3.34. The first-order valence-corrected chi connectivity index (χ1v) is 6.11. The Morgan fingerprint density at radius 2 is 2.25 bits per heavy atom. The molecule has 20 heavy (non-hydrogen) atoms. The first kappa shape index (κ1) is 13.2. The van der Waals surface area contributed by atoms with Crippen LogP contribution in [0.1, 0.15) is 6.23 Å². The van der Waals surface area contributed by atoms with E-state index < -0.39 is 31.2 Å². The largest absolute Gasteiger partial charge is 0.394 e. The Hall–Kier alpha value is -1.84. The minimum absolute atomic E-state index is 0.391. The predicted molar refractivity (Wildman–Crippen MR) is 66.8 cm³/mol. The normalized spacial score (nSPS) is 30.0. The van der Waals surface area contributed by atoms with Gasteiger partial charge in [-0.3, -0.25) is 4.57 Å². The van der Waals surface area contributed by atoms with Gasteiger partial charge in [0, 0.05) is 7.05 Å². The molecule has 8 nitrogen and oxygen atoms in total. The van der Waals surface area contributed by atoms with E-state index in [9.17, 15) is 9.50 Å². The Balaban J connectivity index is 2.03. The lowest BCUT2D eigenvalue weighted by molar-refractivity contribution is -0.0459. The van der Waals surface area contributed by atoms with Crippen molar-refractivity contribution < 1.29 is 19.3 Å². The van der Waals surface area contributed by atoms with E-state index in [-0.39, 0.29) is 0 Å². The number of aliphatic hydroxyl groups excluding tert-OH is 2. The summed E-state index contributed by atoms with van der Waals surface area (Å²) in [7, 11) is 1.69. The SMILES string of the molecule is CNc1ncnc2c1ncn2[C@@H]1O[C@H](CO)C(O)[C@@H]1F. The zero-order valence-corrected chi connectivity index (χ0v) is 10.6. The van der Waals surface area contributed by atoms with E-state index in [1.807, 2.05) is 0 Å². The number of ether oxygens (including phenoxy) is 1. The second kappa shape index (κ2) is 4.93. The fourth-order valence-corrected chi connectivity index (χ4v) is 2.30. The molecule has 2 aromatic heterocycles. The van der Waals surface area contributed by atoms with Crippen molar-refractivity contribution in [2.24, 2.45) is 0 Å². The van der Waals surface area contributed by atoms with E-state index in [2.05, 4.69) is 20.3 Å². The smallest absolute Gasteiger partial charge is 0.173 e. The minimum atomic E-state index is -1.67. The summed E-state index contributed by atoms with van der Waals surface area (Å²) < 4.78 is 20.8. The fraction of sp³-hybridized carbons (Fsp3) is 0.545. The van der Waals surface area contributed by atoms with Crippen LogP contribution in [0.5, 0.6) is 0 Å². The summed E-state index contributed by atoms with van der Waals surface area (Å²) in [6.07, 6.45) is -2.38. The molecule has 0 amide bonds. The molecular weight excluding hydrogens is 269 g/mol. The molecule has 2 aromatic rings. The highest BCUT2D eigenvalue weighted by atomic mass is 19.1. The number of imidazole rings is 1. The number of fused-ring (bicyclic) bond motifs is 1. The number of hydrogen-bond donors (Lipinski definition) is 3. The van der Waals surface area contributed by atoms with Crippen molar-refractivity contribution in [1.29, 1.82) is 0 Å². The first-order valence-electron chi connectivity index (χ1n) is 6.11. The first-order chi connectivity index (χ1) is 9.67. The molecule has 1 fully saturated rings. The molecule has 3 rings (SSSR count). The molecule has 1 saturated heterocycles. The van der Waals surface area contributed by atoms with Gasteiger partial charge in [0.05, 0.1) is 12.9 Å². The number of aliphatic hydroxyl groups is 2. The van der Waals surface area contributed by atoms with E-state index in [0.29, 0.717) is 17.0 Å². The number of halogens is 1. The van der Waals surface area contributed by atoms with Crippen LogP contribution in [0.3, 0.4) is 0 Å². The zero-order valence-electron chi connectivity index (χ0n) is 10.6. The van der Waals surface area contributed by atoms with Crippen LogP contribution in [0.4, 0.5) is 10.2 Å². The van der Waals surface area contributed by atoms with Gasteiger partial charge in [0.15, 0.2) is 23.9 Å². The Bertz CT molecular complexity index is 621. The van der Waals surface area contributed by atoms with Gasteiger partial charge in [0.25, 0.3) is 0 Å². The van der Waals surface area contributed by atoms with Crippen LogP contribution in [-0.2, 0) is 4.74 Å². The quantitative estimate of drug-likeness (QED) is 0.694. The lowest BCUT2D eigenvalue weighted by Gasteiger charge is -2.14. The third kappa shape index (κ3) is 1.82. The molecule has 4 atom stereocenters. The van der Waals surface area contributed by atoms with Crippen molar-refractivity contribution in [1.82, 2.24) is 19.5 Å². The average molecular weight is 283 g/mol. The molecule has 1 aliphatic heterocycles. The number of nitrogens with one attached hydrogen (secondary N) is 1. The topological polar surface area (TPSA) is 105 Å². The van der Waals surface area contributed by atoms with Crippen LogP contribution in [0.15, 0.2) is 12.7 Å². The molecular formula is C11H14FN5O3. The molecule has 0 spiro atoms. The minimum Gasteiger partial charge on any atom is -0.394 e. The van der Waals surface area contributed by atoms with E-state index in [4.69, 9.17) is 9.84 Å². The van der Waals surface area contributed by atoms with Gasteiger partial charge in [0.2, 0.25) is 0 Å². The maximum absolute atomic E-state index is 14.1. The maximum Gasteiger partial charge on any atom is 0.173 e. The standard InChI is InChI=1S/C11H14FN5O3/c1-13-9-7-10(15-3-14-9)17(4-16-7)11-6(12)8(19)5(2-18)20-11/h3-6,8,11,18-19H,2H2,1H3,(H,13,14,15)/t5-,6+,8?,11-/m1/s1.